The normalized spacial score (nSPS) is 11.1. The summed E-state index contributed by atoms with van der Waals surface area (Å²) in [4.78, 5) is 0. The van der Waals surface area contributed by atoms with Gasteiger partial charge in [-0.15, -0.1) is 0 Å². The Hall–Kier alpha value is -1.44. The van der Waals surface area contributed by atoms with Crippen molar-refractivity contribution in [1.82, 2.24) is 0 Å². The van der Waals surface area contributed by atoms with E-state index in [4.69, 9.17) is 9.47 Å². The summed E-state index contributed by atoms with van der Waals surface area (Å²) in [6.07, 6.45) is 70.7. The molecule has 0 aliphatic rings. The van der Waals surface area contributed by atoms with Crippen LogP contribution in [0.5, 0.6) is 0 Å². The molecular formula is C64H124O2. The average molecular weight is 926 g/mol. The molecule has 0 N–H and O–H groups in total. The SMILES string of the molecule is C=C(CCCCCCCCCCCC)OC(=C)CCCCCCCCCCCC.C=C(CCCCCCCCCCCCCCCC)OC(=C)CCCCCCCCCCCCCCCC. The predicted octanol–water partition coefficient (Wildman–Crippen LogP) is 24.4. The summed E-state index contributed by atoms with van der Waals surface area (Å²) in [5, 5.41) is 0. The molecule has 0 rings (SSSR count). The highest BCUT2D eigenvalue weighted by Crippen LogP contribution is 2.21. The fraction of sp³-hybridized carbons (Fsp3) is 0.875. The van der Waals surface area contributed by atoms with Crippen molar-refractivity contribution in [2.24, 2.45) is 0 Å². The lowest BCUT2D eigenvalue weighted by molar-refractivity contribution is 0.274. The minimum atomic E-state index is 0.918. The van der Waals surface area contributed by atoms with Crippen LogP contribution in [0.3, 0.4) is 0 Å². The van der Waals surface area contributed by atoms with E-state index in [1.54, 1.807) is 0 Å². The molecule has 2 nitrogen and oxygen atoms in total. The Morgan fingerprint density at radius 2 is 0.288 bits per heavy atom. The monoisotopic (exact) mass is 925 g/mol. The molecule has 0 aromatic rings. The molecule has 0 aliphatic carbocycles. The van der Waals surface area contributed by atoms with Crippen LogP contribution in [0.4, 0.5) is 0 Å². The van der Waals surface area contributed by atoms with Crippen LogP contribution in [0.25, 0.3) is 0 Å². The summed E-state index contributed by atoms with van der Waals surface area (Å²) >= 11 is 0. The predicted molar refractivity (Wildman–Crippen MR) is 302 cm³/mol. The number of allylic oxidation sites excluding steroid dienone is 4. The summed E-state index contributed by atoms with van der Waals surface area (Å²) in [6.45, 7) is 25.6. The molecule has 0 amide bonds. The Labute approximate surface area is 418 Å². The van der Waals surface area contributed by atoms with Crippen LogP contribution in [-0.4, -0.2) is 0 Å². The minimum Gasteiger partial charge on any atom is -0.467 e. The van der Waals surface area contributed by atoms with E-state index in [-0.39, 0.29) is 0 Å². The fourth-order valence-corrected chi connectivity index (χ4v) is 9.27. The van der Waals surface area contributed by atoms with E-state index in [1.165, 1.54) is 308 Å². The molecule has 0 atom stereocenters. The summed E-state index contributed by atoms with van der Waals surface area (Å²) in [5.74, 6) is 3.69. The molecule has 0 radical (unpaired) electrons. The van der Waals surface area contributed by atoms with Gasteiger partial charge in [0.2, 0.25) is 0 Å². The summed E-state index contributed by atoms with van der Waals surface area (Å²) < 4.78 is 11.7. The van der Waals surface area contributed by atoms with Crippen LogP contribution in [-0.2, 0) is 9.47 Å². The van der Waals surface area contributed by atoms with E-state index in [0.717, 1.165) is 48.7 Å². The number of hydrogen-bond donors (Lipinski definition) is 0. The van der Waals surface area contributed by atoms with Gasteiger partial charge in [0.1, 0.15) is 0 Å². The Morgan fingerprint density at radius 1 is 0.182 bits per heavy atom. The van der Waals surface area contributed by atoms with Gasteiger partial charge in [-0.25, -0.2) is 0 Å². The molecule has 0 heterocycles. The number of rotatable bonds is 56. The Balaban J connectivity index is 0. The molecule has 2 heteroatoms. The van der Waals surface area contributed by atoms with E-state index in [2.05, 4.69) is 54.0 Å². The third-order valence-corrected chi connectivity index (χ3v) is 13.8. The number of hydrogen-bond acceptors (Lipinski definition) is 2. The highest BCUT2D eigenvalue weighted by atomic mass is 16.5. The van der Waals surface area contributed by atoms with Gasteiger partial charge in [-0.05, 0) is 25.7 Å². The van der Waals surface area contributed by atoms with Crippen molar-refractivity contribution in [3.8, 4) is 0 Å². The van der Waals surface area contributed by atoms with Crippen LogP contribution >= 0.6 is 0 Å². The smallest absolute Gasteiger partial charge is 0.0964 e. The summed E-state index contributed by atoms with van der Waals surface area (Å²) in [7, 11) is 0. The maximum Gasteiger partial charge on any atom is 0.0964 e. The molecule has 0 spiro atoms. The van der Waals surface area contributed by atoms with Gasteiger partial charge in [-0.3, -0.25) is 0 Å². The first-order chi connectivity index (χ1) is 32.4. The third kappa shape index (κ3) is 60.6. The zero-order chi connectivity index (χ0) is 48.5. The second-order valence-electron chi connectivity index (χ2n) is 20.9. The Morgan fingerprint density at radius 3 is 0.409 bits per heavy atom. The first kappa shape index (κ1) is 66.6. The van der Waals surface area contributed by atoms with Crippen LogP contribution in [0, 0.1) is 0 Å². The molecule has 0 bridgehead atoms. The molecular weight excluding hydrogens is 801 g/mol. The highest BCUT2D eigenvalue weighted by molar-refractivity contribution is 4.94. The zero-order valence-corrected chi connectivity index (χ0v) is 46.4. The van der Waals surface area contributed by atoms with Gasteiger partial charge in [0.05, 0.1) is 23.0 Å². The Kier molecular flexibility index (Phi) is 60.3. The third-order valence-electron chi connectivity index (χ3n) is 13.8. The van der Waals surface area contributed by atoms with Crippen LogP contribution in [0.1, 0.15) is 362 Å². The number of unbranched alkanes of at least 4 members (excludes halogenated alkanes) is 44. The van der Waals surface area contributed by atoms with Gasteiger partial charge in [0.15, 0.2) is 0 Å². The summed E-state index contributed by atoms with van der Waals surface area (Å²) in [6, 6.07) is 0. The van der Waals surface area contributed by atoms with Gasteiger partial charge in [0, 0.05) is 25.7 Å². The Bertz CT molecular complexity index is 901. The van der Waals surface area contributed by atoms with Gasteiger partial charge in [0.25, 0.3) is 0 Å². The van der Waals surface area contributed by atoms with Crippen LogP contribution < -0.4 is 0 Å². The first-order valence-electron chi connectivity index (χ1n) is 30.5. The van der Waals surface area contributed by atoms with Gasteiger partial charge in [-0.2, -0.15) is 0 Å². The van der Waals surface area contributed by atoms with Gasteiger partial charge < -0.3 is 9.47 Å². The molecule has 0 aromatic carbocycles. The van der Waals surface area contributed by atoms with Crippen molar-refractivity contribution in [3.63, 3.8) is 0 Å². The largest absolute Gasteiger partial charge is 0.467 e. The quantitative estimate of drug-likeness (QED) is 0.0447. The lowest BCUT2D eigenvalue weighted by Crippen LogP contribution is -1.93. The second kappa shape index (κ2) is 59.7. The van der Waals surface area contributed by atoms with Crippen LogP contribution in [0.15, 0.2) is 49.4 Å². The standard InChI is InChI=1S/C36H70O.C28H54O/c1-5-7-9-11-13-15-17-19-21-23-25-27-29-31-33-35(3)37-36(4)34-32-30-28-26-24-22-20-18-16-14-12-10-8-6-2;1-5-7-9-11-13-15-17-19-21-23-25-27(3)29-28(4)26-24-22-20-18-16-14-12-10-8-6-2/h3-34H2,1-2H3;3-26H2,1-2H3. The minimum absolute atomic E-state index is 0.918. The van der Waals surface area contributed by atoms with E-state index in [1.807, 2.05) is 0 Å². The van der Waals surface area contributed by atoms with Crippen molar-refractivity contribution in [2.45, 2.75) is 362 Å². The van der Waals surface area contributed by atoms with E-state index < -0.39 is 0 Å². The molecule has 0 saturated carbocycles. The van der Waals surface area contributed by atoms with Gasteiger partial charge >= 0.3 is 0 Å². The molecule has 0 aliphatic heterocycles. The van der Waals surface area contributed by atoms with E-state index in [9.17, 15) is 0 Å². The maximum atomic E-state index is 5.89. The lowest BCUT2D eigenvalue weighted by atomic mass is 10.0. The maximum absolute atomic E-state index is 5.89. The van der Waals surface area contributed by atoms with Crippen molar-refractivity contribution in [1.29, 1.82) is 0 Å². The van der Waals surface area contributed by atoms with Crippen molar-refractivity contribution in [2.75, 3.05) is 0 Å². The van der Waals surface area contributed by atoms with Crippen molar-refractivity contribution in [3.05, 3.63) is 49.4 Å². The zero-order valence-electron chi connectivity index (χ0n) is 46.4. The van der Waals surface area contributed by atoms with E-state index >= 15 is 0 Å². The average Bonchev–Trinajstić information content (AvgIpc) is 3.30. The lowest BCUT2D eigenvalue weighted by Gasteiger charge is -2.11. The van der Waals surface area contributed by atoms with Crippen LogP contribution in [0.2, 0.25) is 0 Å². The number of ether oxygens (including phenoxy) is 2. The first-order valence-corrected chi connectivity index (χ1v) is 30.5. The molecule has 0 unspecified atom stereocenters. The molecule has 392 valence electrons. The highest BCUT2D eigenvalue weighted by Gasteiger charge is 2.04. The molecule has 0 aromatic heterocycles. The van der Waals surface area contributed by atoms with Crippen molar-refractivity contribution >= 4 is 0 Å². The second-order valence-corrected chi connectivity index (χ2v) is 20.9. The molecule has 0 fully saturated rings. The summed E-state index contributed by atoms with van der Waals surface area (Å²) in [5.41, 5.74) is 0. The fourth-order valence-electron chi connectivity index (χ4n) is 9.27. The van der Waals surface area contributed by atoms with Crippen molar-refractivity contribution < 1.29 is 9.47 Å². The molecule has 66 heavy (non-hydrogen) atoms. The topological polar surface area (TPSA) is 18.5 Å². The molecule has 0 saturated heterocycles. The van der Waals surface area contributed by atoms with Gasteiger partial charge in [-0.1, -0.05) is 337 Å². The van der Waals surface area contributed by atoms with E-state index in [0.29, 0.717) is 0 Å².